The standard InChI is InChI=1S/C14H21BrN2O2/c1-2-16-8-11-7-12(15)9-17-14(11)19-10-13-5-3-4-6-18-13/h7,9,13,16H,2-6,8,10H2,1H3. The molecule has 1 saturated heterocycles. The van der Waals surface area contributed by atoms with E-state index in [9.17, 15) is 0 Å². The first-order chi connectivity index (χ1) is 9.29. The SMILES string of the molecule is CCNCc1cc(Br)cnc1OCC1CCCCO1. The summed E-state index contributed by atoms with van der Waals surface area (Å²) in [4.78, 5) is 4.35. The van der Waals surface area contributed by atoms with Crippen LogP contribution in [0.5, 0.6) is 5.88 Å². The van der Waals surface area contributed by atoms with Gasteiger partial charge in [0.2, 0.25) is 5.88 Å². The van der Waals surface area contributed by atoms with E-state index in [-0.39, 0.29) is 6.10 Å². The van der Waals surface area contributed by atoms with Crippen molar-refractivity contribution >= 4 is 15.9 Å². The molecule has 1 fully saturated rings. The van der Waals surface area contributed by atoms with Crippen LogP contribution >= 0.6 is 15.9 Å². The molecule has 1 unspecified atom stereocenters. The summed E-state index contributed by atoms with van der Waals surface area (Å²) >= 11 is 3.45. The number of halogens is 1. The maximum atomic E-state index is 5.83. The minimum absolute atomic E-state index is 0.214. The largest absolute Gasteiger partial charge is 0.475 e. The zero-order chi connectivity index (χ0) is 13.5. The topological polar surface area (TPSA) is 43.4 Å². The summed E-state index contributed by atoms with van der Waals surface area (Å²) in [6, 6.07) is 2.05. The van der Waals surface area contributed by atoms with Gasteiger partial charge in [0.05, 0.1) is 6.10 Å². The summed E-state index contributed by atoms with van der Waals surface area (Å²) in [5, 5.41) is 3.30. The fourth-order valence-electron chi connectivity index (χ4n) is 2.10. The Balaban J connectivity index is 1.93. The highest BCUT2D eigenvalue weighted by Gasteiger charge is 2.15. The lowest BCUT2D eigenvalue weighted by Gasteiger charge is -2.22. The third-order valence-corrected chi connectivity index (χ3v) is 3.57. The van der Waals surface area contributed by atoms with Crippen molar-refractivity contribution in [2.45, 2.75) is 38.8 Å². The molecule has 106 valence electrons. The van der Waals surface area contributed by atoms with Crippen LogP contribution in [0.15, 0.2) is 16.7 Å². The Morgan fingerprint density at radius 2 is 2.42 bits per heavy atom. The number of pyridine rings is 1. The first kappa shape index (κ1) is 14.8. The van der Waals surface area contributed by atoms with Gasteiger partial charge in [0.25, 0.3) is 0 Å². The number of ether oxygens (including phenoxy) is 2. The van der Waals surface area contributed by atoms with Crippen LogP contribution in [-0.4, -0.2) is 30.8 Å². The molecular formula is C14H21BrN2O2. The fourth-order valence-corrected chi connectivity index (χ4v) is 2.47. The lowest BCUT2D eigenvalue weighted by atomic mass is 10.1. The van der Waals surface area contributed by atoms with Crippen LogP contribution in [0, 0.1) is 0 Å². The van der Waals surface area contributed by atoms with E-state index < -0.39 is 0 Å². The van der Waals surface area contributed by atoms with E-state index in [2.05, 4.69) is 33.2 Å². The maximum Gasteiger partial charge on any atom is 0.217 e. The quantitative estimate of drug-likeness (QED) is 0.872. The zero-order valence-electron chi connectivity index (χ0n) is 11.3. The molecule has 19 heavy (non-hydrogen) atoms. The second-order valence-electron chi connectivity index (χ2n) is 4.70. The van der Waals surface area contributed by atoms with E-state index in [1.807, 2.05) is 6.07 Å². The average molecular weight is 329 g/mol. The van der Waals surface area contributed by atoms with Gasteiger partial charge in [-0.05, 0) is 47.8 Å². The van der Waals surface area contributed by atoms with E-state index in [1.165, 1.54) is 12.8 Å². The molecule has 2 heterocycles. The summed E-state index contributed by atoms with van der Waals surface area (Å²) in [6.07, 6.45) is 5.46. The second kappa shape index (κ2) is 7.82. The highest BCUT2D eigenvalue weighted by Crippen LogP contribution is 2.21. The van der Waals surface area contributed by atoms with Gasteiger partial charge in [-0.25, -0.2) is 4.98 Å². The summed E-state index contributed by atoms with van der Waals surface area (Å²) in [7, 11) is 0. The van der Waals surface area contributed by atoms with E-state index in [0.717, 1.165) is 36.2 Å². The predicted octanol–water partition coefficient (Wildman–Crippen LogP) is 2.90. The van der Waals surface area contributed by atoms with Crippen molar-refractivity contribution in [3.63, 3.8) is 0 Å². The summed E-state index contributed by atoms with van der Waals surface area (Å²) in [6.45, 7) is 5.23. The third-order valence-electron chi connectivity index (χ3n) is 3.14. The molecule has 5 heteroatoms. The molecule has 0 aliphatic carbocycles. The van der Waals surface area contributed by atoms with Gasteiger partial charge in [-0.15, -0.1) is 0 Å². The molecule has 2 rings (SSSR count). The summed E-state index contributed by atoms with van der Waals surface area (Å²) in [5.41, 5.74) is 1.08. The van der Waals surface area contributed by atoms with Crippen LogP contribution in [-0.2, 0) is 11.3 Å². The third kappa shape index (κ3) is 4.75. The van der Waals surface area contributed by atoms with Gasteiger partial charge >= 0.3 is 0 Å². The van der Waals surface area contributed by atoms with Crippen LogP contribution < -0.4 is 10.1 Å². The highest BCUT2D eigenvalue weighted by atomic mass is 79.9. The Labute approximate surface area is 123 Å². The molecule has 1 aromatic rings. The van der Waals surface area contributed by atoms with Crippen molar-refractivity contribution in [1.29, 1.82) is 0 Å². The van der Waals surface area contributed by atoms with Crippen LogP contribution in [0.2, 0.25) is 0 Å². The smallest absolute Gasteiger partial charge is 0.217 e. The van der Waals surface area contributed by atoms with Gasteiger partial charge in [-0.2, -0.15) is 0 Å². The van der Waals surface area contributed by atoms with Crippen molar-refractivity contribution in [3.05, 3.63) is 22.3 Å². The molecular weight excluding hydrogens is 308 g/mol. The van der Waals surface area contributed by atoms with Gasteiger partial charge in [-0.3, -0.25) is 0 Å². The summed E-state index contributed by atoms with van der Waals surface area (Å²) in [5.74, 6) is 0.707. The van der Waals surface area contributed by atoms with Crippen molar-refractivity contribution in [1.82, 2.24) is 10.3 Å². The molecule has 0 saturated carbocycles. The Hall–Kier alpha value is -0.650. The van der Waals surface area contributed by atoms with E-state index in [1.54, 1.807) is 6.20 Å². The number of hydrogen-bond acceptors (Lipinski definition) is 4. The van der Waals surface area contributed by atoms with Gasteiger partial charge in [-0.1, -0.05) is 6.92 Å². The Morgan fingerprint density at radius 3 is 3.16 bits per heavy atom. The number of rotatable bonds is 6. The van der Waals surface area contributed by atoms with E-state index >= 15 is 0 Å². The Morgan fingerprint density at radius 1 is 1.53 bits per heavy atom. The Kier molecular flexibility index (Phi) is 6.07. The van der Waals surface area contributed by atoms with Crippen molar-refractivity contribution in [3.8, 4) is 5.88 Å². The number of nitrogens with one attached hydrogen (secondary N) is 1. The lowest BCUT2D eigenvalue weighted by Crippen LogP contribution is -2.26. The lowest BCUT2D eigenvalue weighted by molar-refractivity contribution is -0.0121. The van der Waals surface area contributed by atoms with Crippen molar-refractivity contribution < 1.29 is 9.47 Å². The predicted molar refractivity (Wildman–Crippen MR) is 78.4 cm³/mol. The maximum absolute atomic E-state index is 5.83. The van der Waals surface area contributed by atoms with Crippen molar-refractivity contribution in [2.75, 3.05) is 19.8 Å². The molecule has 0 bridgehead atoms. The first-order valence-corrected chi connectivity index (χ1v) is 7.68. The molecule has 1 aromatic heterocycles. The van der Waals surface area contributed by atoms with Gasteiger partial charge in [0.15, 0.2) is 0 Å². The number of aromatic nitrogens is 1. The normalized spacial score (nSPS) is 19.4. The molecule has 1 atom stereocenters. The molecule has 4 nitrogen and oxygen atoms in total. The van der Waals surface area contributed by atoms with E-state index in [4.69, 9.17) is 9.47 Å². The van der Waals surface area contributed by atoms with E-state index in [0.29, 0.717) is 12.5 Å². The van der Waals surface area contributed by atoms with Gasteiger partial charge in [0.1, 0.15) is 6.61 Å². The minimum Gasteiger partial charge on any atom is -0.475 e. The molecule has 0 aromatic carbocycles. The molecule has 0 amide bonds. The summed E-state index contributed by atoms with van der Waals surface area (Å²) < 4.78 is 12.5. The first-order valence-electron chi connectivity index (χ1n) is 6.89. The monoisotopic (exact) mass is 328 g/mol. The molecule has 0 radical (unpaired) electrons. The van der Waals surface area contributed by atoms with Crippen LogP contribution in [0.25, 0.3) is 0 Å². The molecule has 1 N–H and O–H groups in total. The molecule has 0 spiro atoms. The average Bonchev–Trinajstić information content (AvgIpc) is 2.45. The Bertz CT molecular complexity index is 395. The highest BCUT2D eigenvalue weighted by molar-refractivity contribution is 9.10. The van der Waals surface area contributed by atoms with Crippen LogP contribution in [0.4, 0.5) is 0 Å². The second-order valence-corrected chi connectivity index (χ2v) is 5.61. The minimum atomic E-state index is 0.214. The van der Waals surface area contributed by atoms with Crippen molar-refractivity contribution in [2.24, 2.45) is 0 Å². The van der Waals surface area contributed by atoms with Crippen LogP contribution in [0.3, 0.4) is 0 Å². The molecule has 1 aliphatic rings. The number of nitrogens with zero attached hydrogens (tertiary/aromatic N) is 1. The van der Waals surface area contributed by atoms with Gasteiger partial charge in [0, 0.05) is 29.4 Å². The zero-order valence-corrected chi connectivity index (χ0v) is 12.9. The fraction of sp³-hybridized carbons (Fsp3) is 0.643. The molecule has 1 aliphatic heterocycles. The van der Waals surface area contributed by atoms with Crippen LogP contribution in [0.1, 0.15) is 31.7 Å². The number of hydrogen-bond donors (Lipinski definition) is 1. The van der Waals surface area contributed by atoms with Gasteiger partial charge < -0.3 is 14.8 Å².